The monoisotopic (exact) mass is 176 g/mol. The van der Waals surface area contributed by atoms with Gasteiger partial charge in [0.15, 0.2) is 0 Å². The summed E-state index contributed by atoms with van der Waals surface area (Å²) in [4.78, 5) is 22.5. The molecule has 6 heteroatoms. The molecule has 0 aromatic rings. The molecule has 0 heterocycles. The maximum atomic E-state index is 10.2. The lowest BCUT2D eigenvalue weighted by atomic mass is 10.5. The molecule has 0 aliphatic rings. The molecule has 2 N–H and O–H groups in total. The Morgan fingerprint density at radius 2 is 1.25 bits per heavy atom. The third kappa shape index (κ3) is 3.65. The second-order valence-corrected chi connectivity index (χ2v) is 2.41. The molecule has 0 spiro atoms. The zero-order valence-electron chi connectivity index (χ0n) is 7.02. The first kappa shape index (κ1) is 10.5. The van der Waals surface area contributed by atoms with Gasteiger partial charge < -0.3 is 20.0 Å². The van der Waals surface area contributed by atoms with Crippen LogP contribution in [0, 0.1) is 0 Å². The third-order valence-electron chi connectivity index (χ3n) is 1.42. The van der Waals surface area contributed by atoms with Gasteiger partial charge in [0.2, 0.25) is 0 Å². The highest BCUT2D eigenvalue weighted by molar-refractivity contribution is 5.65. The van der Waals surface area contributed by atoms with Gasteiger partial charge in [-0.3, -0.25) is 0 Å². The SMILES string of the molecule is CN(CCN(C)C(=O)O)C(=O)O. The molecular weight excluding hydrogens is 164 g/mol. The Balaban J connectivity index is 3.68. The van der Waals surface area contributed by atoms with Crippen molar-refractivity contribution in [1.29, 1.82) is 0 Å². The van der Waals surface area contributed by atoms with Crippen LogP contribution in [0.25, 0.3) is 0 Å². The summed E-state index contributed by atoms with van der Waals surface area (Å²) in [6.07, 6.45) is -2.12. The van der Waals surface area contributed by atoms with Crippen molar-refractivity contribution in [1.82, 2.24) is 9.80 Å². The van der Waals surface area contributed by atoms with Crippen molar-refractivity contribution < 1.29 is 19.8 Å². The molecule has 0 rings (SSSR count). The summed E-state index contributed by atoms with van der Waals surface area (Å²) >= 11 is 0. The fraction of sp³-hybridized carbons (Fsp3) is 0.667. The van der Waals surface area contributed by atoms with Crippen LogP contribution < -0.4 is 0 Å². The fourth-order valence-electron chi connectivity index (χ4n) is 0.491. The van der Waals surface area contributed by atoms with E-state index in [1.807, 2.05) is 0 Å². The van der Waals surface area contributed by atoms with Crippen LogP contribution in [0.5, 0.6) is 0 Å². The van der Waals surface area contributed by atoms with Crippen molar-refractivity contribution in [3.63, 3.8) is 0 Å². The molecule has 0 unspecified atom stereocenters. The number of rotatable bonds is 3. The van der Waals surface area contributed by atoms with Gasteiger partial charge in [0.25, 0.3) is 0 Å². The van der Waals surface area contributed by atoms with Crippen LogP contribution in [0.4, 0.5) is 9.59 Å². The molecule has 0 atom stereocenters. The normalized spacial score (nSPS) is 9.17. The van der Waals surface area contributed by atoms with Gasteiger partial charge in [0.05, 0.1) is 0 Å². The number of hydrogen-bond donors (Lipinski definition) is 2. The summed E-state index contributed by atoms with van der Waals surface area (Å²) in [7, 11) is 2.77. The highest BCUT2D eigenvalue weighted by atomic mass is 16.4. The van der Waals surface area contributed by atoms with Gasteiger partial charge >= 0.3 is 12.2 Å². The van der Waals surface area contributed by atoms with Gasteiger partial charge in [-0.1, -0.05) is 0 Å². The number of amides is 2. The average Bonchev–Trinajstić information content (AvgIpc) is 1.98. The van der Waals surface area contributed by atoms with Gasteiger partial charge in [-0.25, -0.2) is 9.59 Å². The van der Waals surface area contributed by atoms with Crippen LogP contribution in [-0.2, 0) is 0 Å². The summed E-state index contributed by atoms with van der Waals surface area (Å²) < 4.78 is 0. The van der Waals surface area contributed by atoms with E-state index >= 15 is 0 Å². The fourth-order valence-corrected chi connectivity index (χ4v) is 0.491. The molecule has 12 heavy (non-hydrogen) atoms. The Kier molecular flexibility index (Phi) is 3.89. The smallest absolute Gasteiger partial charge is 0.407 e. The molecule has 0 bridgehead atoms. The highest BCUT2D eigenvalue weighted by Crippen LogP contribution is 1.87. The van der Waals surface area contributed by atoms with E-state index in [1.165, 1.54) is 14.1 Å². The minimum Gasteiger partial charge on any atom is -0.465 e. The minimum absolute atomic E-state index is 0.179. The largest absolute Gasteiger partial charge is 0.465 e. The van der Waals surface area contributed by atoms with E-state index in [-0.39, 0.29) is 13.1 Å². The molecule has 0 saturated carbocycles. The zero-order valence-corrected chi connectivity index (χ0v) is 7.02. The number of likely N-dealkylation sites (N-methyl/N-ethyl adjacent to an activating group) is 2. The van der Waals surface area contributed by atoms with Gasteiger partial charge in [-0.15, -0.1) is 0 Å². The molecule has 2 amide bonds. The van der Waals surface area contributed by atoms with E-state index < -0.39 is 12.2 Å². The summed E-state index contributed by atoms with van der Waals surface area (Å²) in [5.74, 6) is 0. The van der Waals surface area contributed by atoms with Crippen LogP contribution in [0.3, 0.4) is 0 Å². The lowest BCUT2D eigenvalue weighted by molar-refractivity contribution is 0.137. The van der Waals surface area contributed by atoms with Crippen molar-refractivity contribution in [3.8, 4) is 0 Å². The van der Waals surface area contributed by atoms with E-state index in [1.54, 1.807) is 0 Å². The van der Waals surface area contributed by atoms with Crippen molar-refractivity contribution in [2.45, 2.75) is 0 Å². The number of nitrogens with zero attached hydrogens (tertiary/aromatic N) is 2. The Morgan fingerprint density at radius 3 is 1.42 bits per heavy atom. The molecule has 70 valence electrons. The first-order valence-electron chi connectivity index (χ1n) is 3.33. The average molecular weight is 176 g/mol. The molecule has 6 nitrogen and oxygen atoms in total. The second-order valence-electron chi connectivity index (χ2n) is 2.41. The highest BCUT2D eigenvalue weighted by Gasteiger charge is 2.09. The molecule has 0 aliphatic carbocycles. The quantitative estimate of drug-likeness (QED) is 0.643. The first-order chi connectivity index (χ1) is 5.45. The van der Waals surface area contributed by atoms with E-state index in [0.717, 1.165) is 9.80 Å². The number of hydrogen-bond acceptors (Lipinski definition) is 2. The molecule has 0 aromatic heterocycles. The van der Waals surface area contributed by atoms with Crippen LogP contribution in [-0.4, -0.2) is 59.4 Å². The number of carboxylic acid groups (broad SMARTS) is 2. The van der Waals surface area contributed by atoms with Crippen molar-refractivity contribution in [2.75, 3.05) is 27.2 Å². The Bertz CT molecular complexity index is 162. The number of carbonyl (C=O) groups is 2. The molecule has 0 aliphatic heterocycles. The maximum absolute atomic E-state index is 10.2. The Labute approximate surface area is 70.0 Å². The summed E-state index contributed by atoms with van der Waals surface area (Å²) in [6, 6.07) is 0. The van der Waals surface area contributed by atoms with Crippen LogP contribution in [0.2, 0.25) is 0 Å². The van der Waals surface area contributed by atoms with Gasteiger partial charge in [-0.2, -0.15) is 0 Å². The van der Waals surface area contributed by atoms with Gasteiger partial charge in [0, 0.05) is 27.2 Å². The van der Waals surface area contributed by atoms with E-state index in [9.17, 15) is 9.59 Å². The first-order valence-corrected chi connectivity index (χ1v) is 3.33. The molecular formula is C6H12N2O4. The lowest BCUT2D eigenvalue weighted by Crippen LogP contribution is -2.35. The van der Waals surface area contributed by atoms with E-state index in [4.69, 9.17) is 10.2 Å². The Hall–Kier alpha value is -1.46. The van der Waals surface area contributed by atoms with Crippen LogP contribution in [0.15, 0.2) is 0 Å². The maximum Gasteiger partial charge on any atom is 0.407 e. The zero-order chi connectivity index (χ0) is 9.72. The van der Waals surface area contributed by atoms with Gasteiger partial charge in [0.1, 0.15) is 0 Å². The molecule has 0 saturated heterocycles. The molecule has 0 fully saturated rings. The third-order valence-corrected chi connectivity index (χ3v) is 1.42. The summed E-state index contributed by atoms with van der Waals surface area (Å²) in [6.45, 7) is 0.357. The topological polar surface area (TPSA) is 81.1 Å². The minimum atomic E-state index is -1.06. The van der Waals surface area contributed by atoms with Crippen molar-refractivity contribution in [2.24, 2.45) is 0 Å². The van der Waals surface area contributed by atoms with Crippen LogP contribution in [0.1, 0.15) is 0 Å². The second kappa shape index (κ2) is 4.42. The van der Waals surface area contributed by atoms with E-state index in [2.05, 4.69) is 0 Å². The van der Waals surface area contributed by atoms with Crippen molar-refractivity contribution in [3.05, 3.63) is 0 Å². The summed E-state index contributed by atoms with van der Waals surface area (Å²) in [5, 5.41) is 16.8. The standard InChI is InChI=1S/C6H12N2O4/c1-7(5(9)10)3-4-8(2)6(11)12/h3-4H2,1-2H3,(H,9,10)(H,11,12). The predicted molar refractivity (Wildman–Crippen MR) is 41.3 cm³/mol. The molecule has 0 aromatic carbocycles. The van der Waals surface area contributed by atoms with E-state index in [0.29, 0.717) is 0 Å². The van der Waals surface area contributed by atoms with Crippen molar-refractivity contribution >= 4 is 12.2 Å². The molecule has 0 radical (unpaired) electrons. The van der Waals surface area contributed by atoms with Gasteiger partial charge in [-0.05, 0) is 0 Å². The predicted octanol–water partition coefficient (Wildman–Crippen LogP) is 0.206. The summed E-state index contributed by atoms with van der Waals surface area (Å²) in [5.41, 5.74) is 0. The lowest BCUT2D eigenvalue weighted by Gasteiger charge is -2.17. The Morgan fingerprint density at radius 1 is 1.00 bits per heavy atom. The van der Waals surface area contributed by atoms with Crippen LogP contribution >= 0.6 is 0 Å².